The molecule has 0 amide bonds. The number of halogens is 1. The molecule has 2 rings (SSSR count). The second-order valence-corrected chi connectivity index (χ2v) is 4.49. The van der Waals surface area contributed by atoms with Crippen molar-refractivity contribution < 1.29 is 4.79 Å². The zero-order chi connectivity index (χ0) is 9.80. The van der Waals surface area contributed by atoms with Gasteiger partial charge < -0.3 is 10.6 Å². The van der Waals surface area contributed by atoms with Gasteiger partial charge in [-0.25, -0.2) is 0 Å². The van der Waals surface area contributed by atoms with Crippen LogP contribution in [-0.4, -0.2) is 32.0 Å². The van der Waals surface area contributed by atoms with E-state index in [0.717, 1.165) is 51.9 Å². The average molecular weight is 233 g/mol. The molecule has 0 aromatic rings. The number of ketones is 1. The van der Waals surface area contributed by atoms with Crippen molar-refractivity contribution in [2.24, 2.45) is 11.8 Å². The van der Waals surface area contributed by atoms with Gasteiger partial charge in [0.15, 0.2) is 0 Å². The van der Waals surface area contributed by atoms with E-state index in [9.17, 15) is 4.79 Å². The summed E-state index contributed by atoms with van der Waals surface area (Å²) in [7, 11) is 0. The van der Waals surface area contributed by atoms with Gasteiger partial charge in [-0.15, -0.1) is 12.4 Å². The maximum absolute atomic E-state index is 12.1. The first-order chi connectivity index (χ1) is 6.88. The third-order valence-corrected chi connectivity index (χ3v) is 3.40. The number of rotatable bonds is 2. The minimum Gasteiger partial charge on any atom is -0.316 e. The lowest BCUT2D eigenvalue weighted by Gasteiger charge is -2.28. The fourth-order valence-corrected chi connectivity index (χ4v) is 2.52. The van der Waals surface area contributed by atoms with Crippen molar-refractivity contribution in [2.75, 3.05) is 26.2 Å². The van der Waals surface area contributed by atoms with Crippen molar-refractivity contribution >= 4 is 18.2 Å². The molecule has 2 aliphatic heterocycles. The Morgan fingerprint density at radius 2 is 1.40 bits per heavy atom. The molecule has 2 N–H and O–H groups in total. The van der Waals surface area contributed by atoms with E-state index in [-0.39, 0.29) is 12.4 Å². The summed E-state index contributed by atoms with van der Waals surface area (Å²) in [5.74, 6) is 1.10. The van der Waals surface area contributed by atoms with Gasteiger partial charge in [0.25, 0.3) is 0 Å². The van der Waals surface area contributed by atoms with Crippen LogP contribution in [0, 0.1) is 11.8 Å². The number of hydrogen-bond acceptors (Lipinski definition) is 3. The number of carbonyl (C=O) groups excluding carboxylic acids is 1. The van der Waals surface area contributed by atoms with Crippen LogP contribution in [0.4, 0.5) is 0 Å². The van der Waals surface area contributed by atoms with Gasteiger partial charge in [0.05, 0.1) is 0 Å². The van der Waals surface area contributed by atoms with Crippen LogP contribution in [0.2, 0.25) is 0 Å². The minimum absolute atomic E-state index is 0. The van der Waals surface area contributed by atoms with E-state index in [0.29, 0.717) is 17.6 Å². The predicted molar refractivity (Wildman–Crippen MR) is 63.4 cm³/mol. The average Bonchev–Trinajstić information content (AvgIpc) is 2.30. The molecular weight excluding hydrogens is 212 g/mol. The van der Waals surface area contributed by atoms with E-state index in [1.807, 2.05) is 0 Å². The summed E-state index contributed by atoms with van der Waals surface area (Å²) in [6.07, 6.45) is 4.53. The Balaban J connectivity index is 0.00000112. The number of hydrogen-bond donors (Lipinski definition) is 2. The Hall–Kier alpha value is -0.120. The molecule has 0 bridgehead atoms. The van der Waals surface area contributed by atoms with Crippen LogP contribution in [0.5, 0.6) is 0 Å². The van der Waals surface area contributed by atoms with Gasteiger partial charge in [-0.3, -0.25) is 4.79 Å². The Bertz CT molecular complexity index is 179. The smallest absolute Gasteiger partial charge is 0.141 e. The Morgan fingerprint density at radius 1 is 0.933 bits per heavy atom. The standard InChI is InChI=1S/C11H20N2O.ClH/c14-11(9-3-1-5-12-7-9)10-4-2-6-13-8-10;/h9-10,12-13H,1-8H2;1H. The molecule has 15 heavy (non-hydrogen) atoms. The summed E-state index contributed by atoms with van der Waals surface area (Å²) >= 11 is 0. The molecule has 3 nitrogen and oxygen atoms in total. The summed E-state index contributed by atoms with van der Waals surface area (Å²) in [4.78, 5) is 12.1. The van der Waals surface area contributed by atoms with E-state index in [1.54, 1.807) is 0 Å². The molecule has 0 aliphatic carbocycles. The molecule has 0 saturated carbocycles. The molecule has 4 heteroatoms. The van der Waals surface area contributed by atoms with Crippen molar-refractivity contribution in [3.8, 4) is 0 Å². The minimum atomic E-state index is 0. The highest BCUT2D eigenvalue weighted by Gasteiger charge is 2.28. The van der Waals surface area contributed by atoms with Gasteiger partial charge in [-0.05, 0) is 38.8 Å². The topological polar surface area (TPSA) is 41.1 Å². The monoisotopic (exact) mass is 232 g/mol. The normalized spacial score (nSPS) is 31.7. The molecule has 2 atom stereocenters. The van der Waals surface area contributed by atoms with Gasteiger partial charge in [0.2, 0.25) is 0 Å². The zero-order valence-corrected chi connectivity index (χ0v) is 9.94. The summed E-state index contributed by atoms with van der Waals surface area (Å²) in [5.41, 5.74) is 0. The maximum atomic E-state index is 12.1. The highest BCUT2D eigenvalue weighted by atomic mass is 35.5. The maximum Gasteiger partial charge on any atom is 0.141 e. The van der Waals surface area contributed by atoms with Gasteiger partial charge in [-0.2, -0.15) is 0 Å². The fraction of sp³-hybridized carbons (Fsp3) is 0.909. The first kappa shape index (κ1) is 12.9. The molecule has 2 aliphatic rings. The van der Waals surface area contributed by atoms with E-state index < -0.39 is 0 Å². The highest BCUT2D eigenvalue weighted by molar-refractivity contribution is 5.85. The predicted octanol–water partition coefficient (Wildman–Crippen LogP) is 0.976. The molecule has 0 aromatic heterocycles. The van der Waals surface area contributed by atoms with Gasteiger partial charge in [0, 0.05) is 24.9 Å². The van der Waals surface area contributed by atoms with Crippen molar-refractivity contribution in [3.63, 3.8) is 0 Å². The second-order valence-electron chi connectivity index (χ2n) is 4.49. The SMILES string of the molecule is Cl.O=C(C1CCCNC1)C1CCCNC1. The molecule has 0 aromatic carbocycles. The first-order valence-corrected chi connectivity index (χ1v) is 5.83. The third-order valence-electron chi connectivity index (χ3n) is 3.40. The van der Waals surface area contributed by atoms with Crippen molar-refractivity contribution in [1.82, 2.24) is 10.6 Å². The van der Waals surface area contributed by atoms with E-state index in [4.69, 9.17) is 0 Å². The van der Waals surface area contributed by atoms with E-state index >= 15 is 0 Å². The summed E-state index contributed by atoms with van der Waals surface area (Å²) in [5, 5.41) is 6.63. The zero-order valence-electron chi connectivity index (χ0n) is 9.13. The number of carbonyl (C=O) groups is 1. The van der Waals surface area contributed by atoms with Gasteiger partial charge in [-0.1, -0.05) is 0 Å². The summed E-state index contributed by atoms with van der Waals surface area (Å²) < 4.78 is 0. The lowest BCUT2D eigenvalue weighted by molar-refractivity contribution is -0.127. The molecule has 0 spiro atoms. The van der Waals surface area contributed by atoms with Crippen molar-refractivity contribution in [2.45, 2.75) is 25.7 Å². The van der Waals surface area contributed by atoms with Crippen LogP contribution >= 0.6 is 12.4 Å². The van der Waals surface area contributed by atoms with Crippen molar-refractivity contribution in [3.05, 3.63) is 0 Å². The van der Waals surface area contributed by atoms with Crippen LogP contribution in [0.1, 0.15) is 25.7 Å². The van der Waals surface area contributed by atoms with Gasteiger partial charge in [0.1, 0.15) is 5.78 Å². The lowest BCUT2D eigenvalue weighted by Crippen LogP contribution is -2.42. The highest BCUT2D eigenvalue weighted by Crippen LogP contribution is 2.20. The van der Waals surface area contributed by atoms with Crippen LogP contribution < -0.4 is 10.6 Å². The fourth-order valence-electron chi connectivity index (χ4n) is 2.52. The lowest BCUT2D eigenvalue weighted by atomic mass is 9.84. The van der Waals surface area contributed by atoms with E-state index in [2.05, 4.69) is 10.6 Å². The first-order valence-electron chi connectivity index (χ1n) is 5.83. The Morgan fingerprint density at radius 3 is 1.73 bits per heavy atom. The molecule has 88 valence electrons. The molecule has 2 saturated heterocycles. The van der Waals surface area contributed by atoms with Crippen LogP contribution in [0.25, 0.3) is 0 Å². The largest absolute Gasteiger partial charge is 0.316 e. The number of nitrogens with one attached hydrogen (secondary N) is 2. The summed E-state index contributed by atoms with van der Waals surface area (Å²) in [6, 6.07) is 0. The van der Waals surface area contributed by atoms with Crippen LogP contribution in [-0.2, 0) is 4.79 Å². The third kappa shape index (κ3) is 3.44. The van der Waals surface area contributed by atoms with E-state index in [1.165, 1.54) is 0 Å². The van der Waals surface area contributed by atoms with Crippen LogP contribution in [0.3, 0.4) is 0 Å². The second kappa shape index (κ2) is 6.46. The van der Waals surface area contributed by atoms with Crippen molar-refractivity contribution in [1.29, 1.82) is 0 Å². The number of piperidine rings is 2. The molecule has 2 fully saturated rings. The quantitative estimate of drug-likeness (QED) is 0.746. The summed E-state index contributed by atoms with van der Waals surface area (Å²) in [6.45, 7) is 4.00. The molecule has 2 unspecified atom stereocenters. The molecule has 2 heterocycles. The molecular formula is C11H21ClN2O. The molecule has 0 radical (unpaired) electrons. The van der Waals surface area contributed by atoms with Crippen LogP contribution in [0.15, 0.2) is 0 Å². The Labute approximate surface area is 97.8 Å². The number of Topliss-reactive ketones (excluding diaryl/α,β-unsaturated/α-hetero) is 1. The Kier molecular flexibility index (Phi) is 5.58. The van der Waals surface area contributed by atoms with Gasteiger partial charge >= 0.3 is 0 Å².